The Kier molecular flexibility index (Phi) is 5.98. The maximum atomic E-state index is 13.1. The van der Waals surface area contributed by atoms with Crippen molar-refractivity contribution in [2.24, 2.45) is 0 Å². The summed E-state index contributed by atoms with van der Waals surface area (Å²) in [6.45, 7) is 4.23. The molecule has 0 radical (unpaired) electrons. The third kappa shape index (κ3) is 4.91. The summed E-state index contributed by atoms with van der Waals surface area (Å²) in [7, 11) is 0. The highest BCUT2D eigenvalue weighted by Gasteiger charge is 2.11. The maximum Gasteiger partial charge on any atom is 0.262 e. The molecular weight excluding hydrogens is 395 g/mol. The molecule has 1 aromatic heterocycles. The van der Waals surface area contributed by atoms with E-state index in [-0.39, 0.29) is 18.3 Å². The van der Waals surface area contributed by atoms with Crippen molar-refractivity contribution < 1.29 is 18.3 Å². The van der Waals surface area contributed by atoms with Crippen molar-refractivity contribution in [1.82, 2.24) is 4.98 Å². The quantitative estimate of drug-likeness (QED) is 0.390. The molecule has 5 nitrogen and oxygen atoms in total. The number of hydrogen-bond acceptors (Lipinski definition) is 4. The molecule has 1 amide bonds. The van der Waals surface area contributed by atoms with Crippen molar-refractivity contribution in [1.29, 1.82) is 0 Å². The number of nitrogens with zero attached hydrogens (tertiary/aromatic N) is 1. The van der Waals surface area contributed by atoms with Gasteiger partial charge in [0.05, 0.1) is 0 Å². The second-order valence-electron chi connectivity index (χ2n) is 7.42. The van der Waals surface area contributed by atoms with Crippen molar-refractivity contribution >= 4 is 22.7 Å². The third-order valence-electron chi connectivity index (χ3n) is 5.19. The fourth-order valence-corrected chi connectivity index (χ4v) is 3.20. The summed E-state index contributed by atoms with van der Waals surface area (Å²) in [5, 5.41) is 2.80. The number of amides is 1. The van der Waals surface area contributed by atoms with Crippen molar-refractivity contribution in [3.63, 3.8) is 0 Å². The van der Waals surface area contributed by atoms with E-state index in [2.05, 4.69) is 24.1 Å². The van der Waals surface area contributed by atoms with Gasteiger partial charge in [-0.3, -0.25) is 4.79 Å². The second kappa shape index (κ2) is 9.00. The fraction of sp³-hybridized carbons (Fsp3) is 0.200. The lowest BCUT2D eigenvalue weighted by Crippen LogP contribution is -2.20. The Morgan fingerprint density at radius 2 is 1.84 bits per heavy atom. The smallest absolute Gasteiger partial charge is 0.262 e. The minimum Gasteiger partial charge on any atom is -0.484 e. The highest BCUT2D eigenvalue weighted by atomic mass is 19.1. The van der Waals surface area contributed by atoms with Crippen LogP contribution in [0.3, 0.4) is 0 Å². The van der Waals surface area contributed by atoms with Crippen LogP contribution >= 0.6 is 0 Å². The summed E-state index contributed by atoms with van der Waals surface area (Å²) in [5.74, 6) is 0.944. The van der Waals surface area contributed by atoms with Gasteiger partial charge < -0.3 is 14.5 Å². The van der Waals surface area contributed by atoms with Crippen LogP contribution in [0.25, 0.3) is 22.6 Å². The van der Waals surface area contributed by atoms with Gasteiger partial charge in [-0.2, -0.15) is 0 Å². The van der Waals surface area contributed by atoms with E-state index < -0.39 is 0 Å². The van der Waals surface area contributed by atoms with Crippen LogP contribution in [0.2, 0.25) is 0 Å². The van der Waals surface area contributed by atoms with Crippen LogP contribution in [0.4, 0.5) is 10.1 Å². The van der Waals surface area contributed by atoms with Crippen LogP contribution in [0.15, 0.2) is 71.1 Å². The first-order valence-corrected chi connectivity index (χ1v) is 10.2. The molecule has 0 fully saturated rings. The molecule has 4 rings (SSSR count). The molecule has 3 aromatic carbocycles. The Morgan fingerprint density at radius 3 is 2.55 bits per heavy atom. The van der Waals surface area contributed by atoms with E-state index in [9.17, 15) is 9.18 Å². The number of halogens is 1. The van der Waals surface area contributed by atoms with Crippen molar-refractivity contribution in [3.05, 3.63) is 78.1 Å². The van der Waals surface area contributed by atoms with Crippen molar-refractivity contribution in [2.45, 2.75) is 26.2 Å². The molecule has 0 aliphatic rings. The van der Waals surface area contributed by atoms with Gasteiger partial charge in [-0.25, -0.2) is 9.37 Å². The number of nitrogens with one attached hydrogen (secondary N) is 1. The fourth-order valence-electron chi connectivity index (χ4n) is 3.20. The van der Waals surface area contributed by atoms with E-state index in [1.807, 2.05) is 24.3 Å². The molecule has 0 unspecified atom stereocenters. The molecule has 0 bridgehead atoms. The van der Waals surface area contributed by atoms with Gasteiger partial charge >= 0.3 is 0 Å². The van der Waals surface area contributed by atoms with Gasteiger partial charge in [0.25, 0.3) is 5.91 Å². The number of rotatable bonds is 7. The number of fused-ring (bicyclic) bond motifs is 1. The number of oxazole rings is 1. The van der Waals surface area contributed by atoms with Crippen LogP contribution in [-0.2, 0) is 4.79 Å². The van der Waals surface area contributed by atoms with E-state index in [1.165, 1.54) is 17.7 Å². The predicted molar refractivity (Wildman–Crippen MR) is 119 cm³/mol. The monoisotopic (exact) mass is 418 g/mol. The molecule has 6 heteroatoms. The number of benzene rings is 3. The zero-order valence-corrected chi connectivity index (χ0v) is 17.4. The number of carbonyl (C=O) groups is 1. The first-order valence-electron chi connectivity index (χ1n) is 10.2. The SMILES string of the molecule is CC[C@H](C)c1ccc(OCC(=O)Nc2ccc3oc(-c4ccc(F)cc4)nc3c2)cc1. The van der Waals surface area contributed by atoms with Crippen LogP contribution in [0.1, 0.15) is 31.7 Å². The molecule has 1 N–H and O–H groups in total. The number of hydrogen-bond donors (Lipinski definition) is 1. The predicted octanol–water partition coefficient (Wildman–Crippen LogP) is 6.16. The summed E-state index contributed by atoms with van der Waals surface area (Å²) in [6, 6.07) is 18.9. The first-order chi connectivity index (χ1) is 15.0. The second-order valence-corrected chi connectivity index (χ2v) is 7.42. The molecule has 1 atom stereocenters. The Hall–Kier alpha value is -3.67. The number of anilines is 1. The maximum absolute atomic E-state index is 13.1. The number of aromatic nitrogens is 1. The third-order valence-corrected chi connectivity index (χ3v) is 5.19. The van der Waals surface area contributed by atoms with Crippen LogP contribution in [0, 0.1) is 5.82 Å². The summed E-state index contributed by atoms with van der Waals surface area (Å²) in [6.07, 6.45) is 1.07. The van der Waals surface area contributed by atoms with Gasteiger partial charge in [-0.05, 0) is 72.5 Å². The standard InChI is InChI=1S/C25H23FN2O3/c1-3-16(2)17-6-11-21(12-7-17)30-15-24(29)27-20-10-13-23-22(14-20)28-25(31-23)18-4-8-19(26)9-5-18/h4-14,16H,3,15H2,1-2H3,(H,27,29)/t16-/m0/s1. The zero-order valence-electron chi connectivity index (χ0n) is 17.4. The minimum atomic E-state index is -0.321. The van der Waals surface area contributed by atoms with Crippen LogP contribution in [-0.4, -0.2) is 17.5 Å². The zero-order chi connectivity index (χ0) is 21.8. The topological polar surface area (TPSA) is 64.4 Å². The van der Waals surface area contributed by atoms with Gasteiger partial charge in [0.1, 0.15) is 17.1 Å². The van der Waals surface area contributed by atoms with Gasteiger partial charge in [0, 0.05) is 11.3 Å². The molecular formula is C25H23FN2O3. The average Bonchev–Trinajstić information content (AvgIpc) is 3.21. The molecule has 31 heavy (non-hydrogen) atoms. The normalized spacial score (nSPS) is 12.0. The van der Waals surface area contributed by atoms with Gasteiger partial charge in [0.15, 0.2) is 12.2 Å². The Balaban J connectivity index is 1.38. The summed E-state index contributed by atoms with van der Waals surface area (Å²) in [5.41, 5.74) is 3.69. The van der Waals surface area contributed by atoms with E-state index >= 15 is 0 Å². The van der Waals surface area contributed by atoms with Gasteiger partial charge in [0.2, 0.25) is 5.89 Å². The minimum absolute atomic E-state index is 0.0969. The molecule has 0 saturated heterocycles. The number of ether oxygens (including phenoxy) is 1. The van der Waals surface area contributed by atoms with Crippen LogP contribution in [0.5, 0.6) is 5.75 Å². The lowest BCUT2D eigenvalue weighted by atomic mass is 9.99. The first kappa shape index (κ1) is 20.6. The Morgan fingerprint density at radius 1 is 1.10 bits per heavy atom. The van der Waals surface area contributed by atoms with Crippen LogP contribution < -0.4 is 10.1 Å². The Bertz CT molecular complexity index is 1180. The summed E-state index contributed by atoms with van der Waals surface area (Å²) < 4.78 is 24.4. The highest BCUT2D eigenvalue weighted by Crippen LogP contribution is 2.26. The lowest BCUT2D eigenvalue weighted by Gasteiger charge is -2.11. The summed E-state index contributed by atoms with van der Waals surface area (Å²) in [4.78, 5) is 16.7. The van der Waals surface area contributed by atoms with Gasteiger partial charge in [-0.1, -0.05) is 26.0 Å². The molecule has 0 saturated carbocycles. The molecule has 0 aliphatic heterocycles. The average molecular weight is 418 g/mol. The van der Waals surface area contributed by atoms with Crippen molar-refractivity contribution in [2.75, 3.05) is 11.9 Å². The lowest BCUT2D eigenvalue weighted by molar-refractivity contribution is -0.118. The van der Waals surface area contributed by atoms with E-state index in [1.54, 1.807) is 30.3 Å². The van der Waals surface area contributed by atoms with E-state index in [4.69, 9.17) is 9.15 Å². The molecule has 158 valence electrons. The van der Waals surface area contributed by atoms with E-state index in [0.717, 1.165) is 6.42 Å². The highest BCUT2D eigenvalue weighted by molar-refractivity contribution is 5.94. The van der Waals surface area contributed by atoms with Gasteiger partial charge in [-0.15, -0.1) is 0 Å². The molecule has 1 heterocycles. The molecule has 4 aromatic rings. The summed E-state index contributed by atoms with van der Waals surface area (Å²) >= 11 is 0. The van der Waals surface area contributed by atoms with Crippen molar-refractivity contribution in [3.8, 4) is 17.2 Å². The molecule has 0 aliphatic carbocycles. The largest absolute Gasteiger partial charge is 0.484 e. The molecule has 0 spiro atoms. The number of carbonyl (C=O) groups excluding carboxylic acids is 1. The Labute approximate surface area is 179 Å². The van der Waals surface area contributed by atoms with E-state index in [0.29, 0.717) is 39.9 Å².